The molecule has 0 aliphatic heterocycles. The maximum atomic E-state index is 4.77. The number of hydrogen-bond donors (Lipinski definition) is 0. The Morgan fingerprint density at radius 3 is 2.94 bits per heavy atom. The Bertz CT molecular complexity index is 489. The molecule has 3 rings (SSSR count). The van der Waals surface area contributed by atoms with Gasteiger partial charge in [0.05, 0.1) is 9.90 Å². The largest absolute Gasteiger partial charge is 0.264 e. The number of rotatable bonds is 3. The first-order valence-corrected chi connectivity index (χ1v) is 7.37. The summed E-state index contributed by atoms with van der Waals surface area (Å²) in [5, 5.41) is 1.11. The van der Waals surface area contributed by atoms with Crippen molar-refractivity contribution >= 4 is 23.1 Å². The van der Waals surface area contributed by atoms with Crippen LogP contribution in [0.2, 0.25) is 0 Å². The topological polar surface area (TPSA) is 25.8 Å². The van der Waals surface area contributed by atoms with Gasteiger partial charge in [0.1, 0.15) is 5.01 Å². The van der Waals surface area contributed by atoms with Crippen molar-refractivity contribution in [2.24, 2.45) is 0 Å². The lowest BCUT2D eigenvalue weighted by molar-refractivity contribution is 1.02. The first kappa shape index (κ1) is 10.3. The van der Waals surface area contributed by atoms with E-state index in [1.54, 1.807) is 17.5 Å². The van der Waals surface area contributed by atoms with E-state index in [9.17, 15) is 0 Å². The van der Waals surface area contributed by atoms with Gasteiger partial charge < -0.3 is 0 Å². The third kappa shape index (κ3) is 1.87. The Morgan fingerprint density at radius 1 is 1.44 bits per heavy atom. The molecule has 0 aromatic carbocycles. The SMILES string of the molecule is CSc1sc(-c2cccnc2)nc1C1CC1. The molecule has 2 heterocycles. The van der Waals surface area contributed by atoms with E-state index < -0.39 is 0 Å². The van der Waals surface area contributed by atoms with Crippen LogP contribution in [-0.4, -0.2) is 16.2 Å². The van der Waals surface area contributed by atoms with Crippen LogP contribution in [0.5, 0.6) is 0 Å². The zero-order chi connectivity index (χ0) is 11.0. The molecule has 1 aliphatic carbocycles. The summed E-state index contributed by atoms with van der Waals surface area (Å²) in [6, 6.07) is 4.04. The molecule has 82 valence electrons. The lowest BCUT2D eigenvalue weighted by Gasteiger charge is -1.93. The molecule has 1 fully saturated rings. The molecule has 0 amide bonds. The van der Waals surface area contributed by atoms with Gasteiger partial charge in [-0.3, -0.25) is 4.98 Å². The molecular weight excluding hydrogens is 236 g/mol. The van der Waals surface area contributed by atoms with Gasteiger partial charge in [-0.15, -0.1) is 23.1 Å². The molecule has 4 heteroatoms. The summed E-state index contributed by atoms with van der Waals surface area (Å²) < 4.78 is 1.38. The Morgan fingerprint density at radius 2 is 2.31 bits per heavy atom. The van der Waals surface area contributed by atoms with Gasteiger partial charge in [0.25, 0.3) is 0 Å². The fourth-order valence-corrected chi connectivity index (χ4v) is 3.56. The number of hydrogen-bond acceptors (Lipinski definition) is 4. The van der Waals surface area contributed by atoms with Crippen LogP contribution in [0.1, 0.15) is 24.5 Å². The van der Waals surface area contributed by atoms with E-state index in [1.165, 1.54) is 22.7 Å². The van der Waals surface area contributed by atoms with Crippen LogP contribution in [-0.2, 0) is 0 Å². The fourth-order valence-electron chi connectivity index (χ4n) is 1.69. The van der Waals surface area contributed by atoms with Crippen LogP contribution in [0.25, 0.3) is 10.6 Å². The predicted molar refractivity (Wildman–Crippen MR) is 69.1 cm³/mol. The smallest absolute Gasteiger partial charge is 0.126 e. The Kier molecular flexibility index (Phi) is 2.69. The third-order valence-corrected chi connectivity index (χ3v) is 4.92. The molecule has 1 aliphatic rings. The standard InChI is InChI=1S/C12H12N2S2/c1-15-12-10(8-4-5-8)14-11(16-12)9-3-2-6-13-7-9/h2-3,6-8H,4-5H2,1H3. The van der Waals surface area contributed by atoms with Crippen molar-refractivity contribution in [1.82, 2.24) is 9.97 Å². The van der Waals surface area contributed by atoms with Gasteiger partial charge in [-0.2, -0.15) is 0 Å². The van der Waals surface area contributed by atoms with Gasteiger partial charge in [-0.1, -0.05) is 0 Å². The lowest BCUT2D eigenvalue weighted by Crippen LogP contribution is -1.82. The molecule has 0 saturated heterocycles. The van der Waals surface area contributed by atoms with Crippen molar-refractivity contribution in [3.8, 4) is 10.6 Å². The minimum Gasteiger partial charge on any atom is -0.264 e. The molecule has 0 unspecified atom stereocenters. The number of pyridine rings is 1. The lowest BCUT2D eigenvalue weighted by atomic mass is 10.3. The fraction of sp³-hybridized carbons (Fsp3) is 0.333. The van der Waals surface area contributed by atoms with E-state index in [1.807, 2.05) is 24.0 Å². The van der Waals surface area contributed by atoms with Crippen molar-refractivity contribution in [3.63, 3.8) is 0 Å². The van der Waals surface area contributed by atoms with Crippen molar-refractivity contribution in [1.29, 1.82) is 0 Å². The first-order chi connectivity index (χ1) is 7.88. The van der Waals surface area contributed by atoms with Crippen molar-refractivity contribution in [3.05, 3.63) is 30.2 Å². The van der Waals surface area contributed by atoms with Gasteiger partial charge in [0.15, 0.2) is 0 Å². The second-order valence-corrected chi connectivity index (χ2v) is 5.99. The summed E-state index contributed by atoms with van der Waals surface area (Å²) in [4.78, 5) is 8.92. The second kappa shape index (κ2) is 4.18. The zero-order valence-corrected chi connectivity index (χ0v) is 10.6. The second-order valence-electron chi connectivity index (χ2n) is 3.91. The molecule has 0 atom stereocenters. The minimum atomic E-state index is 0.726. The van der Waals surface area contributed by atoms with Crippen molar-refractivity contribution in [2.45, 2.75) is 23.0 Å². The molecule has 2 nitrogen and oxygen atoms in total. The number of nitrogens with zero attached hydrogens (tertiary/aromatic N) is 2. The molecule has 0 N–H and O–H groups in total. The van der Waals surface area contributed by atoms with Crippen molar-refractivity contribution in [2.75, 3.05) is 6.26 Å². The van der Waals surface area contributed by atoms with Crippen molar-refractivity contribution < 1.29 is 0 Å². The van der Waals surface area contributed by atoms with Crippen LogP contribution in [0.15, 0.2) is 28.7 Å². The zero-order valence-electron chi connectivity index (χ0n) is 9.01. The summed E-state index contributed by atoms with van der Waals surface area (Å²) in [6.07, 6.45) is 8.44. The summed E-state index contributed by atoms with van der Waals surface area (Å²) >= 11 is 3.61. The van der Waals surface area contributed by atoms with Crippen LogP contribution in [0.4, 0.5) is 0 Å². The summed E-state index contributed by atoms with van der Waals surface area (Å²) in [5.74, 6) is 0.726. The highest BCUT2D eigenvalue weighted by Gasteiger charge is 2.29. The molecule has 1 saturated carbocycles. The third-order valence-electron chi connectivity index (χ3n) is 2.68. The van der Waals surface area contributed by atoms with Crippen LogP contribution >= 0.6 is 23.1 Å². The average Bonchev–Trinajstić information content (AvgIpc) is 3.10. The van der Waals surface area contributed by atoms with Gasteiger partial charge >= 0.3 is 0 Å². The normalized spacial score (nSPS) is 15.3. The maximum absolute atomic E-state index is 4.77. The first-order valence-electron chi connectivity index (χ1n) is 5.33. The highest BCUT2D eigenvalue weighted by molar-refractivity contribution is 8.00. The van der Waals surface area contributed by atoms with E-state index in [-0.39, 0.29) is 0 Å². The number of thioether (sulfide) groups is 1. The minimum absolute atomic E-state index is 0.726. The van der Waals surface area contributed by atoms with Gasteiger partial charge in [0.2, 0.25) is 0 Å². The van der Waals surface area contributed by atoms with Gasteiger partial charge in [0, 0.05) is 23.9 Å². The summed E-state index contributed by atoms with van der Waals surface area (Å²) in [7, 11) is 0. The maximum Gasteiger partial charge on any atom is 0.126 e. The Labute approximate surface area is 103 Å². The Balaban J connectivity index is 2.02. The molecular formula is C12H12N2S2. The number of aromatic nitrogens is 2. The van der Waals surface area contributed by atoms with Gasteiger partial charge in [-0.05, 0) is 31.2 Å². The van der Waals surface area contributed by atoms with E-state index in [2.05, 4.69) is 17.3 Å². The molecule has 0 bridgehead atoms. The van der Waals surface area contributed by atoms with Crippen LogP contribution in [0, 0.1) is 0 Å². The predicted octanol–water partition coefficient (Wildman–Crippen LogP) is 3.80. The molecule has 0 spiro atoms. The van der Waals surface area contributed by atoms with E-state index in [0.717, 1.165) is 16.5 Å². The van der Waals surface area contributed by atoms with E-state index in [0.29, 0.717) is 0 Å². The van der Waals surface area contributed by atoms with Gasteiger partial charge in [-0.25, -0.2) is 4.98 Å². The van der Waals surface area contributed by atoms with Crippen LogP contribution in [0.3, 0.4) is 0 Å². The van der Waals surface area contributed by atoms with E-state index in [4.69, 9.17) is 4.98 Å². The molecule has 2 aromatic heterocycles. The monoisotopic (exact) mass is 248 g/mol. The molecule has 0 radical (unpaired) electrons. The summed E-state index contributed by atoms with van der Waals surface area (Å²) in [6.45, 7) is 0. The highest BCUT2D eigenvalue weighted by atomic mass is 32.2. The average molecular weight is 248 g/mol. The van der Waals surface area contributed by atoms with E-state index >= 15 is 0 Å². The molecule has 2 aromatic rings. The Hall–Kier alpha value is -0.870. The molecule has 16 heavy (non-hydrogen) atoms. The highest BCUT2D eigenvalue weighted by Crippen LogP contribution is 2.46. The number of thiazole rings is 1. The van der Waals surface area contributed by atoms with Crippen LogP contribution < -0.4 is 0 Å². The quantitative estimate of drug-likeness (QED) is 0.773. The summed E-state index contributed by atoms with van der Waals surface area (Å²) in [5.41, 5.74) is 2.45.